The second-order valence-electron chi connectivity index (χ2n) is 4.18. The maximum atomic E-state index is 10.7. The Hall–Kier alpha value is -1.85. The van der Waals surface area contributed by atoms with Crippen LogP contribution < -0.4 is 4.90 Å². The normalized spacial score (nSPS) is 10.9. The van der Waals surface area contributed by atoms with Crippen molar-refractivity contribution < 1.29 is 9.90 Å². The first-order chi connectivity index (χ1) is 9.58. The summed E-state index contributed by atoms with van der Waals surface area (Å²) >= 11 is 7.70. The second kappa shape index (κ2) is 6.54. The minimum absolute atomic E-state index is 0.519. The van der Waals surface area contributed by atoms with Gasteiger partial charge in [0.15, 0.2) is 0 Å². The molecule has 2 aromatic rings. The second-order valence-corrected chi connectivity index (χ2v) is 5.31. The van der Waals surface area contributed by atoms with E-state index in [1.165, 1.54) is 6.08 Å². The van der Waals surface area contributed by atoms with Crippen molar-refractivity contribution in [3.8, 4) is 0 Å². The molecule has 0 aliphatic heterocycles. The van der Waals surface area contributed by atoms with Crippen molar-refractivity contribution in [3.05, 3.63) is 51.4 Å². The number of thiazole rings is 1. The molecule has 0 amide bonds. The highest BCUT2D eigenvalue weighted by molar-refractivity contribution is 7.07. The van der Waals surface area contributed by atoms with Crippen LogP contribution in [0.5, 0.6) is 0 Å². The van der Waals surface area contributed by atoms with Crippen LogP contribution in [0.3, 0.4) is 0 Å². The number of hydrogen-bond donors (Lipinski definition) is 1. The minimum Gasteiger partial charge on any atom is -0.478 e. The van der Waals surface area contributed by atoms with E-state index in [9.17, 15) is 4.79 Å². The molecule has 104 valence electrons. The number of aliphatic carboxylic acids is 1. The largest absolute Gasteiger partial charge is 0.478 e. The Bertz CT molecular complexity index is 626. The number of carbonyl (C=O) groups is 1. The van der Waals surface area contributed by atoms with Gasteiger partial charge in [-0.15, -0.1) is 11.3 Å². The van der Waals surface area contributed by atoms with Gasteiger partial charge in [0.25, 0.3) is 0 Å². The standard InChI is InChI=1S/C14H13ClN2O2S/c1-17(7-10-8-20-9-16-10)13-4-2-3-12(15)11(13)5-6-14(18)19/h2-6,8-9H,7H2,1H3,(H,18,19). The molecule has 0 unspecified atom stereocenters. The fourth-order valence-electron chi connectivity index (χ4n) is 1.82. The topological polar surface area (TPSA) is 53.4 Å². The van der Waals surface area contributed by atoms with Gasteiger partial charge in [0.1, 0.15) is 0 Å². The molecule has 0 aliphatic rings. The van der Waals surface area contributed by atoms with E-state index in [1.807, 2.05) is 29.5 Å². The Labute approximate surface area is 126 Å². The van der Waals surface area contributed by atoms with Crippen LogP contribution >= 0.6 is 22.9 Å². The van der Waals surface area contributed by atoms with Crippen molar-refractivity contribution in [3.63, 3.8) is 0 Å². The van der Waals surface area contributed by atoms with Crippen LogP contribution in [0.15, 0.2) is 35.2 Å². The molecule has 0 fully saturated rings. The fraction of sp³-hybridized carbons (Fsp3) is 0.143. The maximum absolute atomic E-state index is 10.7. The molecular weight excluding hydrogens is 296 g/mol. The van der Waals surface area contributed by atoms with E-state index >= 15 is 0 Å². The zero-order valence-corrected chi connectivity index (χ0v) is 12.4. The molecule has 0 spiro atoms. The summed E-state index contributed by atoms with van der Waals surface area (Å²) in [5.41, 5.74) is 4.30. The van der Waals surface area contributed by atoms with Gasteiger partial charge in [-0.05, 0) is 18.2 Å². The first kappa shape index (κ1) is 14.6. The third-order valence-electron chi connectivity index (χ3n) is 2.72. The smallest absolute Gasteiger partial charge is 0.328 e. The summed E-state index contributed by atoms with van der Waals surface area (Å²) in [6.45, 7) is 0.637. The molecule has 1 N–H and O–H groups in total. The van der Waals surface area contributed by atoms with Crippen molar-refractivity contribution in [2.24, 2.45) is 0 Å². The predicted octanol–water partition coefficient (Wildman–Crippen LogP) is 3.53. The predicted molar refractivity (Wildman–Crippen MR) is 82.3 cm³/mol. The maximum Gasteiger partial charge on any atom is 0.328 e. The fourth-order valence-corrected chi connectivity index (χ4v) is 2.60. The molecule has 1 aromatic heterocycles. The number of carboxylic acid groups (broad SMARTS) is 1. The minimum atomic E-state index is -1.00. The highest BCUT2D eigenvalue weighted by Crippen LogP contribution is 2.29. The van der Waals surface area contributed by atoms with Gasteiger partial charge in [0.05, 0.1) is 17.7 Å². The van der Waals surface area contributed by atoms with Crippen LogP contribution in [0.1, 0.15) is 11.3 Å². The number of halogens is 1. The Morgan fingerprint density at radius 3 is 3.00 bits per heavy atom. The van der Waals surface area contributed by atoms with E-state index in [4.69, 9.17) is 16.7 Å². The zero-order chi connectivity index (χ0) is 14.5. The summed E-state index contributed by atoms with van der Waals surface area (Å²) in [6, 6.07) is 5.48. The molecule has 4 nitrogen and oxygen atoms in total. The number of rotatable bonds is 5. The lowest BCUT2D eigenvalue weighted by Crippen LogP contribution is -2.17. The molecule has 2 rings (SSSR count). The number of benzene rings is 1. The number of hydrogen-bond acceptors (Lipinski definition) is 4. The van der Waals surface area contributed by atoms with E-state index < -0.39 is 5.97 Å². The molecule has 1 aromatic carbocycles. The quantitative estimate of drug-likeness (QED) is 0.859. The average Bonchev–Trinajstić information content (AvgIpc) is 2.89. The SMILES string of the molecule is CN(Cc1cscn1)c1cccc(Cl)c1C=CC(=O)O. The Kier molecular flexibility index (Phi) is 4.76. The van der Waals surface area contributed by atoms with Gasteiger partial charge in [-0.2, -0.15) is 0 Å². The van der Waals surface area contributed by atoms with Gasteiger partial charge in [0, 0.05) is 34.8 Å². The molecule has 20 heavy (non-hydrogen) atoms. The molecule has 0 atom stereocenters. The van der Waals surface area contributed by atoms with Crippen molar-refractivity contribution in [2.45, 2.75) is 6.54 Å². The average molecular weight is 309 g/mol. The molecule has 6 heteroatoms. The molecule has 0 saturated heterocycles. The highest BCUT2D eigenvalue weighted by atomic mass is 35.5. The van der Waals surface area contributed by atoms with Crippen LogP contribution in [-0.4, -0.2) is 23.1 Å². The Morgan fingerprint density at radius 1 is 1.55 bits per heavy atom. The number of anilines is 1. The molecule has 1 heterocycles. The summed E-state index contributed by atoms with van der Waals surface area (Å²) in [5, 5.41) is 11.2. The van der Waals surface area contributed by atoms with E-state index in [-0.39, 0.29) is 0 Å². The number of nitrogens with zero attached hydrogens (tertiary/aromatic N) is 2. The van der Waals surface area contributed by atoms with E-state index in [0.29, 0.717) is 17.1 Å². The molecule has 0 bridgehead atoms. The van der Waals surface area contributed by atoms with Crippen LogP contribution in [0, 0.1) is 0 Å². The lowest BCUT2D eigenvalue weighted by molar-refractivity contribution is -0.131. The number of aromatic nitrogens is 1. The highest BCUT2D eigenvalue weighted by Gasteiger charge is 2.10. The summed E-state index contributed by atoms with van der Waals surface area (Å²) in [6.07, 6.45) is 2.60. The third kappa shape index (κ3) is 3.59. The summed E-state index contributed by atoms with van der Waals surface area (Å²) < 4.78 is 0. The Balaban J connectivity index is 2.30. The first-order valence-corrected chi connectivity index (χ1v) is 7.17. The third-order valence-corrected chi connectivity index (χ3v) is 3.68. The van der Waals surface area contributed by atoms with Crippen LogP contribution in [0.4, 0.5) is 5.69 Å². The van der Waals surface area contributed by atoms with Gasteiger partial charge in [0.2, 0.25) is 0 Å². The van der Waals surface area contributed by atoms with Crippen LogP contribution in [-0.2, 0) is 11.3 Å². The summed E-state index contributed by atoms with van der Waals surface area (Å²) in [7, 11) is 1.92. The van der Waals surface area contributed by atoms with E-state index in [2.05, 4.69) is 4.98 Å². The van der Waals surface area contributed by atoms with Crippen LogP contribution in [0.2, 0.25) is 5.02 Å². The summed E-state index contributed by atoms with van der Waals surface area (Å²) in [5.74, 6) is -1.00. The Morgan fingerprint density at radius 2 is 2.35 bits per heavy atom. The zero-order valence-electron chi connectivity index (χ0n) is 10.8. The van der Waals surface area contributed by atoms with Crippen molar-refractivity contribution in [1.82, 2.24) is 4.98 Å². The van der Waals surface area contributed by atoms with Crippen molar-refractivity contribution in [1.29, 1.82) is 0 Å². The van der Waals surface area contributed by atoms with Crippen molar-refractivity contribution >= 4 is 40.7 Å². The first-order valence-electron chi connectivity index (χ1n) is 5.85. The molecule has 0 radical (unpaired) electrons. The summed E-state index contributed by atoms with van der Waals surface area (Å²) in [4.78, 5) is 16.9. The molecular formula is C14H13ClN2O2S. The van der Waals surface area contributed by atoms with E-state index in [0.717, 1.165) is 17.5 Å². The van der Waals surface area contributed by atoms with Gasteiger partial charge < -0.3 is 10.0 Å². The lowest BCUT2D eigenvalue weighted by atomic mass is 10.1. The van der Waals surface area contributed by atoms with Gasteiger partial charge >= 0.3 is 5.97 Å². The van der Waals surface area contributed by atoms with Gasteiger partial charge in [-0.3, -0.25) is 0 Å². The monoisotopic (exact) mass is 308 g/mol. The van der Waals surface area contributed by atoms with E-state index in [1.54, 1.807) is 22.9 Å². The molecule has 0 saturated carbocycles. The van der Waals surface area contributed by atoms with Gasteiger partial charge in [-0.1, -0.05) is 17.7 Å². The number of carboxylic acids is 1. The van der Waals surface area contributed by atoms with Crippen molar-refractivity contribution in [2.75, 3.05) is 11.9 Å². The van der Waals surface area contributed by atoms with Crippen LogP contribution in [0.25, 0.3) is 6.08 Å². The van der Waals surface area contributed by atoms with Gasteiger partial charge in [-0.25, -0.2) is 9.78 Å². The molecule has 0 aliphatic carbocycles. The lowest BCUT2D eigenvalue weighted by Gasteiger charge is -2.21.